The first-order valence-corrected chi connectivity index (χ1v) is 6.90. The lowest BCUT2D eigenvalue weighted by atomic mass is 9.97. The largest absolute Gasteiger partial charge is 0.508 e. The van der Waals surface area contributed by atoms with E-state index in [1.165, 1.54) is 0 Å². The van der Waals surface area contributed by atoms with Gasteiger partial charge in [0.25, 0.3) is 0 Å². The molecule has 0 saturated heterocycles. The topological polar surface area (TPSA) is 125 Å². The summed E-state index contributed by atoms with van der Waals surface area (Å²) >= 11 is 0. The van der Waals surface area contributed by atoms with E-state index in [0.717, 1.165) is 17.5 Å². The summed E-state index contributed by atoms with van der Waals surface area (Å²) in [5, 5.41) is 51.8. The van der Waals surface area contributed by atoms with Crippen LogP contribution in [0.25, 0.3) is 0 Å². The molecule has 0 bridgehead atoms. The maximum Gasteiger partial charge on any atom is 0.128 e. The Kier molecular flexibility index (Phi) is 7.58. The van der Waals surface area contributed by atoms with Crippen molar-refractivity contribution >= 4 is 0 Å². The molecule has 7 N–H and O–H groups in total. The van der Waals surface area contributed by atoms with E-state index in [9.17, 15) is 15.3 Å². The van der Waals surface area contributed by atoms with E-state index in [-0.39, 0.29) is 18.8 Å². The molecule has 0 fully saturated rings. The van der Waals surface area contributed by atoms with Gasteiger partial charge in [0.15, 0.2) is 0 Å². The number of aliphatic hydroxyl groups excluding tert-OH is 4. The standard InChI is InChI=1S/C14H24N2O5/c1-2-9-3-4-12(19)11(6-16-14(21)8-18)10(9)5-15-13(20)7-17/h3-4,13-21H,2,5-8H2,1H3. The number of nitrogens with one attached hydrogen (secondary N) is 2. The Morgan fingerprint density at radius 2 is 1.48 bits per heavy atom. The molecule has 0 aromatic heterocycles. The van der Waals surface area contributed by atoms with E-state index in [2.05, 4.69) is 10.6 Å². The molecule has 0 aliphatic rings. The Morgan fingerprint density at radius 3 is 1.95 bits per heavy atom. The van der Waals surface area contributed by atoms with Gasteiger partial charge >= 0.3 is 0 Å². The zero-order valence-corrected chi connectivity index (χ0v) is 12.1. The van der Waals surface area contributed by atoms with Gasteiger partial charge in [0.1, 0.15) is 18.2 Å². The fourth-order valence-corrected chi connectivity index (χ4v) is 2.05. The Labute approximate surface area is 123 Å². The second-order valence-electron chi connectivity index (χ2n) is 4.71. The summed E-state index contributed by atoms with van der Waals surface area (Å²) in [6.45, 7) is 1.58. The number of phenolic OH excluding ortho intramolecular Hbond substituents is 1. The lowest BCUT2D eigenvalue weighted by Crippen LogP contribution is -2.34. The molecule has 0 spiro atoms. The van der Waals surface area contributed by atoms with Gasteiger partial charge in [-0.3, -0.25) is 10.6 Å². The van der Waals surface area contributed by atoms with Crippen molar-refractivity contribution in [3.63, 3.8) is 0 Å². The second kappa shape index (κ2) is 8.93. The molecule has 1 rings (SSSR count). The minimum absolute atomic E-state index is 0.0696. The molecule has 120 valence electrons. The van der Waals surface area contributed by atoms with Gasteiger partial charge in [0, 0.05) is 18.7 Å². The van der Waals surface area contributed by atoms with E-state index in [4.69, 9.17) is 10.2 Å². The van der Waals surface area contributed by atoms with Crippen LogP contribution in [0.4, 0.5) is 0 Å². The highest BCUT2D eigenvalue weighted by atomic mass is 16.3. The first-order valence-electron chi connectivity index (χ1n) is 6.90. The van der Waals surface area contributed by atoms with Crippen molar-refractivity contribution in [3.05, 3.63) is 28.8 Å². The van der Waals surface area contributed by atoms with Crippen LogP contribution < -0.4 is 10.6 Å². The van der Waals surface area contributed by atoms with Crippen LogP contribution in [0.3, 0.4) is 0 Å². The molecular formula is C14H24N2O5. The molecular weight excluding hydrogens is 276 g/mol. The molecule has 2 atom stereocenters. The summed E-state index contributed by atoms with van der Waals surface area (Å²) in [6.07, 6.45) is -1.37. The fraction of sp³-hybridized carbons (Fsp3) is 0.571. The average Bonchev–Trinajstić information content (AvgIpc) is 2.50. The van der Waals surface area contributed by atoms with Crippen LogP contribution in [0, 0.1) is 0 Å². The van der Waals surface area contributed by atoms with Crippen LogP contribution >= 0.6 is 0 Å². The number of rotatable bonds is 9. The van der Waals surface area contributed by atoms with Gasteiger partial charge in [-0.25, -0.2) is 0 Å². The van der Waals surface area contributed by atoms with Crippen molar-refractivity contribution in [1.82, 2.24) is 10.6 Å². The molecule has 7 heteroatoms. The third kappa shape index (κ3) is 5.24. The molecule has 0 aliphatic carbocycles. The highest BCUT2D eigenvalue weighted by Crippen LogP contribution is 2.25. The summed E-state index contributed by atoms with van der Waals surface area (Å²) < 4.78 is 0. The smallest absolute Gasteiger partial charge is 0.128 e. The van der Waals surface area contributed by atoms with Crippen LogP contribution in [-0.4, -0.2) is 51.2 Å². The molecule has 21 heavy (non-hydrogen) atoms. The molecule has 0 saturated carbocycles. The lowest BCUT2D eigenvalue weighted by Gasteiger charge is -2.19. The van der Waals surface area contributed by atoms with Crippen LogP contribution in [0.15, 0.2) is 12.1 Å². The van der Waals surface area contributed by atoms with Gasteiger partial charge in [0.05, 0.1) is 13.2 Å². The molecule has 0 radical (unpaired) electrons. The maximum absolute atomic E-state index is 10.00. The van der Waals surface area contributed by atoms with E-state index in [1.54, 1.807) is 12.1 Å². The summed E-state index contributed by atoms with van der Waals surface area (Å²) in [4.78, 5) is 0. The number of phenols is 1. The molecule has 0 amide bonds. The Bertz CT molecular complexity index is 442. The highest BCUT2D eigenvalue weighted by Gasteiger charge is 2.14. The van der Waals surface area contributed by atoms with E-state index in [0.29, 0.717) is 5.56 Å². The lowest BCUT2D eigenvalue weighted by molar-refractivity contribution is 0.0647. The molecule has 0 aliphatic heterocycles. The SMILES string of the molecule is CCc1ccc(O)c(CNC(O)CO)c1CNC(O)CO. The monoisotopic (exact) mass is 300 g/mol. The minimum atomic E-state index is -1.07. The fourth-order valence-electron chi connectivity index (χ4n) is 2.05. The molecule has 2 unspecified atom stereocenters. The van der Waals surface area contributed by atoms with Crippen molar-refractivity contribution in [1.29, 1.82) is 0 Å². The third-order valence-corrected chi connectivity index (χ3v) is 3.26. The predicted octanol–water partition coefficient (Wildman–Crippen LogP) is -1.24. The van der Waals surface area contributed by atoms with E-state index >= 15 is 0 Å². The summed E-state index contributed by atoms with van der Waals surface area (Å²) in [5.41, 5.74) is 2.36. The average molecular weight is 300 g/mol. The van der Waals surface area contributed by atoms with Crippen LogP contribution in [-0.2, 0) is 19.5 Å². The second-order valence-corrected chi connectivity index (χ2v) is 4.71. The number of benzene rings is 1. The van der Waals surface area contributed by atoms with Gasteiger partial charge in [-0.2, -0.15) is 0 Å². The zero-order chi connectivity index (χ0) is 15.8. The minimum Gasteiger partial charge on any atom is -0.508 e. The van der Waals surface area contributed by atoms with Crippen LogP contribution in [0.1, 0.15) is 23.6 Å². The van der Waals surface area contributed by atoms with E-state index < -0.39 is 25.7 Å². The highest BCUT2D eigenvalue weighted by molar-refractivity contribution is 5.44. The Balaban J connectivity index is 2.96. The third-order valence-electron chi connectivity index (χ3n) is 3.26. The zero-order valence-electron chi connectivity index (χ0n) is 12.1. The quantitative estimate of drug-likeness (QED) is 0.284. The van der Waals surface area contributed by atoms with Gasteiger partial charge in [-0.05, 0) is 23.6 Å². The van der Waals surface area contributed by atoms with Gasteiger partial charge < -0.3 is 25.5 Å². The van der Waals surface area contributed by atoms with Crippen molar-refractivity contribution in [2.45, 2.75) is 38.9 Å². The van der Waals surface area contributed by atoms with Gasteiger partial charge in [-0.1, -0.05) is 13.0 Å². The number of aromatic hydroxyl groups is 1. The molecule has 0 heterocycles. The normalized spacial score (nSPS) is 14.1. The predicted molar refractivity (Wildman–Crippen MR) is 77.3 cm³/mol. The number of aryl methyl sites for hydroxylation is 1. The summed E-state index contributed by atoms with van der Waals surface area (Å²) in [6, 6.07) is 3.37. The van der Waals surface area contributed by atoms with Crippen molar-refractivity contribution < 1.29 is 25.5 Å². The Hall–Kier alpha value is -1.22. The molecule has 1 aromatic carbocycles. The van der Waals surface area contributed by atoms with Crippen molar-refractivity contribution in [2.75, 3.05) is 13.2 Å². The Morgan fingerprint density at radius 1 is 0.952 bits per heavy atom. The molecule has 7 nitrogen and oxygen atoms in total. The number of hydrogen-bond acceptors (Lipinski definition) is 7. The van der Waals surface area contributed by atoms with E-state index in [1.807, 2.05) is 6.92 Å². The van der Waals surface area contributed by atoms with Gasteiger partial charge in [0.2, 0.25) is 0 Å². The first-order chi connectivity index (χ1) is 10.0. The number of hydrogen-bond donors (Lipinski definition) is 7. The van der Waals surface area contributed by atoms with Crippen molar-refractivity contribution in [3.8, 4) is 5.75 Å². The molecule has 1 aromatic rings. The van der Waals surface area contributed by atoms with Gasteiger partial charge in [-0.15, -0.1) is 0 Å². The number of aliphatic hydroxyl groups is 4. The summed E-state index contributed by atoms with van der Waals surface area (Å²) in [5.74, 6) is 0.0696. The summed E-state index contributed by atoms with van der Waals surface area (Å²) in [7, 11) is 0. The maximum atomic E-state index is 10.00. The van der Waals surface area contributed by atoms with Crippen molar-refractivity contribution in [2.24, 2.45) is 0 Å². The first kappa shape index (κ1) is 17.8. The van der Waals surface area contributed by atoms with Crippen LogP contribution in [0.2, 0.25) is 0 Å². The van der Waals surface area contributed by atoms with Crippen LogP contribution in [0.5, 0.6) is 5.75 Å².